The van der Waals surface area contributed by atoms with Crippen LogP contribution in [-0.2, 0) is 28.2 Å². The van der Waals surface area contributed by atoms with E-state index in [-0.39, 0.29) is 17.4 Å². The Labute approximate surface area is 258 Å². The lowest BCUT2D eigenvalue weighted by atomic mass is 9.71. The van der Waals surface area contributed by atoms with Gasteiger partial charge in [0.15, 0.2) is 10.3 Å². The maximum absolute atomic E-state index is 15.0. The van der Waals surface area contributed by atoms with Gasteiger partial charge in [-0.25, -0.2) is 0 Å². The first-order valence-electron chi connectivity index (χ1n) is 13.9. The van der Waals surface area contributed by atoms with Crippen LogP contribution in [-0.4, -0.2) is 38.8 Å². The third kappa shape index (κ3) is 3.95. The highest BCUT2D eigenvalue weighted by atomic mass is 32.2. The third-order valence-corrected chi connectivity index (χ3v) is 10.4. The van der Waals surface area contributed by atoms with Crippen molar-refractivity contribution in [3.05, 3.63) is 131 Å². The average Bonchev–Trinajstić information content (AvgIpc) is 3.54. The molecule has 3 aliphatic heterocycles. The number of nitrogens with zero attached hydrogens (tertiary/aromatic N) is 2. The van der Waals surface area contributed by atoms with Gasteiger partial charge in [0.1, 0.15) is 10.7 Å². The summed E-state index contributed by atoms with van der Waals surface area (Å²) in [6, 6.07) is 34.1. The van der Waals surface area contributed by atoms with Gasteiger partial charge in [0.05, 0.1) is 31.8 Å². The predicted octanol–water partition coefficient (Wildman–Crippen LogP) is 5.79. The molecule has 3 heterocycles. The van der Waals surface area contributed by atoms with E-state index in [4.69, 9.17) is 17.0 Å². The Bertz CT molecular complexity index is 1780. The van der Waals surface area contributed by atoms with Gasteiger partial charge in [-0.15, -0.1) is 0 Å². The minimum atomic E-state index is -1.57. The SMILES string of the molecule is COc1ccccc1[C@H]1[C@@]2(SC(=O)N(Cc3ccccc3)C2=O)C(=S)N[C@]12C(=O)N(Cc1ccccc1)c1ccccc12. The van der Waals surface area contributed by atoms with Crippen molar-refractivity contribution in [1.29, 1.82) is 0 Å². The third-order valence-electron chi connectivity index (χ3n) is 8.54. The van der Waals surface area contributed by atoms with Gasteiger partial charge in [0.2, 0.25) is 0 Å². The fraction of sp³-hybridized carbons (Fsp3) is 0.176. The normalized spacial score (nSPS) is 24.3. The molecule has 4 aromatic rings. The molecule has 9 heteroatoms. The van der Waals surface area contributed by atoms with E-state index in [9.17, 15) is 14.4 Å². The lowest BCUT2D eigenvalue weighted by molar-refractivity contribution is -0.129. The summed E-state index contributed by atoms with van der Waals surface area (Å²) in [4.78, 5) is 46.5. The minimum absolute atomic E-state index is 0.103. The van der Waals surface area contributed by atoms with Crippen molar-refractivity contribution in [2.24, 2.45) is 0 Å². The second-order valence-electron chi connectivity index (χ2n) is 10.8. The second-order valence-corrected chi connectivity index (χ2v) is 12.4. The average molecular weight is 606 g/mol. The molecular weight excluding hydrogens is 579 g/mol. The highest BCUT2D eigenvalue weighted by molar-refractivity contribution is 8.17. The maximum atomic E-state index is 15.0. The van der Waals surface area contributed by atoms with Crippen LogP contribution in [0.25, 0.3) is 0 Å². The van der Waals surface area contributed by atoms with Crippen LogP contribution in [0, 0.1) is 0 Å². The molecular formula is C34H27N3O4S2. The van der Waals surface area contributed by atoms with Gasteiger partial charge in [0.25, 0.3) is 17.1 Å². The number of fused-ring (bicyclic) bond motifs is 2. The van der Waals surface area contributed by atoms with Crippen molar-refractivity contribution in [2.45, 2.75) is 29.3 Å². The first kappa shape index (κ1) is 27.4. The number of anilines is 1. The largest absolute Gasteiger partial charge is 0.496 e. The first-order chi connectivity index (χ1) is 20.9. The predicted molar refractivity (Wildman–Crippen MR) is 170 cm³/mol. The molecule has 3 atom stereocenters. The summed E-state index contributed by atoms with van der Waals surface area (Å²) >= 11 is 6.90. The molecule has 4 aromatic carbocycles. The number of hydrogen-bond donors (Lipinski definition) is 1. The number of rotatable bonds is 6. The number of ether oxygens (including phenoxy) is 1. The Kier molecular flexibility index (Phi) is 6.59. The number of carbonyl (C=O) groups is 3. The Morgan fingerprint density at radius 1 is 0.767 bits per heavy atom. The lowest BCUT2D eigenvalue weighted by Crippen LogP contribution is -2.52. The molecule has 3 amide bonds. The molecule has 3 aliphatic rings. The van der Waals surface area contributed by atoms with Gasteiger partial charge in [-0.05, 0) is 35.0 Å². The molecule has 0 radical (unpaired) electrons. The van der Waals surface area contributed by atoms with E-state index in [1.807, 2.05) is 103 Å². The molecule has 214 valence electrons. The van der Waals surface area contributed by atoms with Crippen LogP contribution in [0.2, 0.25) is 0 Å². The summed E-state index contributed by atoms with van der Waals surface area (Å²) in [5.41, 5.74) is 2.38. The monoisotopic (exact) mass is 605 g/mol. The van der Waals surface area contributed by atoms with E-state index >= 15 is 0 Å². The number of thioether (sulfide) groups is 1. The standard InChI is InChI=1S/C34H27N3O4S2/c1-41-27-19-11-8-16-24(27)28-33(25-17-9-10-18-26(25)36(30(33)38)20-22-12-4-2-5-13-22)35-29(42)34(28)31(39)37(32(40)43-34)21-23-14-6-3-7-15-23/h2-19,28H,20-21H2,1H3,(H,35,42)/t28-,33+,34-/m1/s1. The molecule has 0 aliphatic carbocycles. The molecule has 1 N–H and O–H groups in total. The fourth-order valence-corrected chi connectivity index (χ4v) is 8.48. The molecule has 0 aromatic heterocycles. The summed E-state index contributed by atoms with van der Waals surface area (Å²) in [7, 11) is 1.56. The molecule has 2 spiro atoms. The van der Waals surface area contributed by atoms with Crippen molar-refractivity contribution in [3.8, 4) is 5.75 Å². The Morgan fingerprint density at radius 2 is 1.35 bits per heavy atom. The molecule has 7 nitrogen and oxygen atoms in total. The second kappa shape index (κ2) is 10.4. The van der Waals surface area contributed by atoms with E-state index < -0.39 is 27.4 Å². The van der Waals surface area contributed by atoms with Crippen LogP contribution < -0.4 is 15.0 Å². The number of nitrogens with one attached hydrogen (secondary N) is 1. The molecule has 0 unspecified atom stereocenters. The van der Waals surface area contributed by atoms with E-state index in [0.717, 1.165) is 28.6 Å². The lowest BCUT2D eigenvalue weighted by Gasteiger charge is -2.35. The van der Waals surface area contributed by atoms with Gasteiger partial charge in [-0.1, -0.05) is 109 Å². The van der Waals surface area contributed by atoms with Crippen LogP contribution in [0.1, 0.15) is 28.2 Å². The Balaban J connectivity index is 1.43. The first-order valence-corrected chi connectivity index (χ1v) is 15.1. The minimum Gasteiger partial charge on any atom is -0.496 e. The van der Waals surface area contributed by atoms with E-state index in [1.54, 1.807) is 18.1 Å². The number of thiocarbonyl (C=S) groups is 1. The number of benzene rings is 4. The van der Waals surface area contributed by atoms with Crippen LogP contribution in [0.5, 0.6) is 5.75 Å². The molecule has 43 heavy (non-hydrogen) atoms. The van der Waals surface area contributed by atoms with Gasteiger partial charge >= 0.3 is 0 Å². The van der Waals surface area contributed by atoms with Crippen LogP contribution >= 0.6 is 24.0 Å². The van der Waals surface area contributed by atoms with E-state index in [1.165, 1.54) is 4.90 Å². The van der Waals surface area contributed by atoms with Gasteiger partial charge in [-0.2, -0.15) is 0 Å². The van der Waals surface area contributed by atoms with E-state index in [2.05, 4.69) is 5.32 Å². The highest BCUT2D eigenvalue weighted by Gasteiger charge is 2.75. The topological polar surface area (TPSA) is 79.0 Å². The number of hydrogen-bond acceptors (Lipinski definition) is 6. The van der Waals surface area contributed by atoms with Crippen molar-refractivity contribution < 1.29 is 19.1 Å². The van der Waals surface area contributed by atoms with Crippen molar-refractivity contribution in [1.82, 2.24) is 10.2 Å². The van der Waals surface area contributed by atoms with Crippen molar-refractivity contribution in [3.63, 3.8) is 0 Å². The zero-order valence-electron chi connectivity index (χ0n) is 23.2. The summed E-state index contributed by atoms with van der Waals surface area (Å²) in [5, 5.41) is 2.98. The van der Waals surface area contributed by atoms with E-state index in [0.29, 0.717) is 23.4 Å². The Morgan fingerprint density at radius 3 is 2.02 bits per heavy atom. The zero-order valence-corrected chi connectivity index (χ0v) is 24.9. The van der Waals surface area contributed by atoms with Gasteiger partial charge in [-0.3, -0.25) is 19.3 Å². The fourth-order valence-electron chi connectivity index (χ4n) is 6.69. The summed E-state index contributed by atoms with van der Waals surface area (Å²) in [6.07, 6.45) is 0. The van der Waals surface area contributed by atoms with Gasteiger partial charge < -0.3 is 15.0 Å². The van der Waals surface area contributed by atoms with Crippen LogP contribution in [0.4, 0.5) is 10.5 Å². The number of amides is 3. The van der Waals surface area contributed by atoms with Gasteiger partial charge in [0, 0.05) is 11.1 Å². The zero-order chi connectivity index (χ0) is 29.8. The summed E-state index contributed by atoms with van der Waals surface area (Å²) in [5.74, 6) is -1.06. The highest BCUT2D eigenvalue weighted by Crippen LogP contribution is 2.63. The Hall–Kier alpha value is -4.47. The number of imide groups is 1. The van der Waals surface area contributed by atoms with Crippen LogP contribution in [0.15, 0.2) is 109 Å². The molecule has 2 fully saturated rings. The summed E-state index contributed by atoms with van der Waals surface area (Å²) in [6.45, 7) is 0.435. The smallest absolute Gasteiger partial charge is 0.290 e. The van der Waals surface area contributed by atoms with Crippen LogP contribution in [0.3, 0.4) is 0 Å². The molecule has 0 saturated carbocycles. The summed E-state index contributed by atoms with van der Waals surface area (Å²) < 4.78 is 4.25. The number of methoxy groups -OCH3 is 1. The molecule has 2 saturated heterocycles. The maximum Gasteiger partial charge on any atom is 0.290 e. The molecule has 0 bridgehead atoms. The van der Waals surface area contributed by atoms with Crippen molar-refractivity contribution in [2.75, 3.05) is 12.0 Å². The quantitative estimate of drug-likeness (QED) is 0.279. The molecule has 7 rings (SSSR count). The number of para-hydroxylation sites is 2. The number of carbonyl (C=O) groups excluding carboxylic acids is 3. The van der Waals surface area contributed by atoms with Crippen molar-refractivity contribution >= 4 is 51.7 Å².